The minimum atomic E-state index is -3.81. The van der Waals surface area contributed by atoms with Crippen LogP contribution in [0.25, 0.3) is 0 Å². The van der Waals surface area contributed by atoms with Crippen LogP contribution in [0.2, 0.25) is 0 Å². The van der Waals surface area contributed by atoms with Crippen molar-refractivity contribution in [2.45, 2.75) is 51.7 Å². The molecule has 0 aliphatic carbocycles. The van der Waals surface area contributed by atoms with Gasteiger partial charge in [0, 0.05) is 12.6 Å². The molecular formula is C19H21FNO7P. The molecule has 3 aliphatic rings. The molecule has 2 fully saturated rings. The Bertz CT molecular complexity index is 913. The number of rotatable bonds is 4. The molecule has 0 radical (unpaired) electrons. The van der Waals surface area contributed by atoms with E-state index in [1.54, 1.807) is 0 Å². The predicted molar refractivity (Wildman–Crippen MR) is 98.1 cm³/mol. The van der Waals surface area contributed by atoms with Gasteiger partial charge >= 0.3 is 7.82 Å². The molecule has 1 aromatic rings. The summed E-state index contributed by atoms with van der Waals surface area (Å²) in [5.41, 5.74) is 2.96. The number of carbonyl (C=O) groups is 2. The largest absolute Gasteiger partial charge is 0.475 e. The van der Waals surface area contributed by atoms with Crippen LogP contribution in [-0.2, 0) is 39.1 Å². The van der Waals surface area contributed by atoms with Crippen molar-refractivity contribution in [2.75, 3.05) is 6.61 Å². The standard InChI is InChI=1S/C19H21FNO7P/c1-11-3-12(2)5-13(4-11)9-25-29(24)26-10-17-16(28-29)7-19(27-17)21-8-14(20)15(22)6-18(21)23/h3-5,8,16-17,19H,6-7,9-10H2,1-2H3/t16-,17+,19+,29?/m0/s1. The van der Waals surface area contributed by atoms with E-state index in [-0.39, 0.29) is 19.6 Å². The maximum atomic E-state index is 13.6. The summed E-state index contributed by atoms with van der Waals surface area (Å²) in [6.45, 7) is 3.93. The van der Waals surface area contributed by atoms with Gasteiger partial charge in [-0.05, 0) is 19.4 Å². The lowest BCUT2D eigenvalue weighted by molar-refractivity contribution is -0.146. The number of carbonyl (C=O) groups excluding carboxylic acids is 2. The number of aryl methyl sites for hydroxylation is 2. The van der Waals surface area contributed by atoms with E-state index in [2.05, 4.69) is 0 Å². The molecule has 1 unspecified atom stereocenters. The Hall–Kier alpha value is -1.90. The van der Waals surface area contributed by atoms with Gasteiger partial charge in [-0.1, -0.05) is 29.3 Å². The highest BCUT2D eigenvalue weighted by atomic mass is 31.2. The highest BCUT2D eigenvalue weighted by molar-refractivity contribution is 7.48. The molecule has 8 nitrogen and oxygen atoms in total. The minimum Gasteiger partial charge on any atom is -0.349 e. The number of nitrogens with zero attached hydrogens (tertiary/aromatic N) is 1. The highest BCUT2D eigenvalue weighted by Crippen LogP contribution is 2.56. The summed E-state index contributed by atoms with van der Waals surface area (Å²) in [5, 5.41) is 0. The monoisotopic (exact) mass is 425 g/mol. The number of ether oxygens (including phenoxy) is 1. The van der Waals surface area contributed by atoms with Crippen LogP contribution in [0.1, 0.15) is 29.5 Å². The van der Waals surface area contributed by atoms with Crippen molar-refractivity contribution in [1.82, 2.24) is 4.90 Å². The van der Waals surface area contributed by atoms with Crippen LogP contribution in [0.5, 0.6) is 0 Å². The van der Waals surface area contributed by atoms with Gasteiger partial charge in [0.2, 0.25) is 11.7 Å². The van der Waals surface area contributed by atoms with Gasteiger partial charge in [-0.15, -0.1) is 0 Å². The van der Waals surface area contributed by atoms with Gasteiger partial charge in [0.05, 0.1) is 19.6 Å². The molecule has 10 heteroatoms. The smallest absolute Gasteiger partial charge is 0.349 e. The van der Waals surface area contributed by atoms with E-state index in [1.165, 1.54) is 0 Å². The molecule has 3 heterocycles. The van der Waals surface area contributed by atoms with E-state index < -0.39 is 50.2 Å². The Balaban J connectivity index is 1.40. The van der Waals surface area contributed by atoms with Crippen LogP contribution < -0.4 is 0 Å². The molecule has 0 saturated carbocycles. The maximum absolute atomic E-state index is 13.6. The number of phosphoric acid groups is 1. The number of phosphoric ester groups is 1. The third kappa shape index (κ3) is 4.34. The van der Waals surface area contributed by atoms with Crippen LogP contribution >= 0.6 is 7.82 Å². The number of Topliss-reactive ketones (excluding diaryl/α,β-unsaturated/α-hetero) is 1. The van der Waals surface area contributed by atoms with E-state index in [1.807, 2.05) is 32.0 Å². The SMILES string of the molecule is Cc1cc(C)cc(COP2(=O)OC[C@H]3O[C@@H](N4C=C(F)C(=O)CC4=O)C[C@@H]3O2)c1. The van der Waals surface area contributed by atoms with Gasteiger partial charge in [-0.3, -0.25) is 28.1 Å². The molecule has 1 amide bonds. The first-order valence-corrected chi connectivity index (χ1v) is 10.7. The van der Waals surface area contributed by atoms with Crippen molar-refractivity contribution in [3.05, 3.63) is 46.9 Å². The third-order valence-corrected chi connectivity index (χ3v) is 6.38. The fourth-order valence-electron chi connectivity index (χ4n) is 3.69. The van der Waals surface area contributed by atoms with Crippen LogP contribution in [0.3, 0.4) is 0 Å². The van der Waals surface area contributed by atoms with E-state index in [0.29, 0.717) is 0 Å². The number of hydrogen-bond acceptors (Lipinski definition) is 7. The van der Waals surface area contributed by atoms with E-state index >= 15 is 0 Å². The number of hydrogen-bond donors (Lipinski definition) is 0. The van der Waals surface area contributed by atoms with Crippen LogP contribution in [0.4, 0.5) is 4.39 Å². The number of fused-ring (bicyclic) bond motifs is 1. The van der Waals surface area contributed by atoms with E-state index in [0.717, 1.165) is 27.8 Å². The first-order valence-electron chi connectivity index (χ1n) is 9.24. The topological polar surface area (TPSA) is 91.4 Å². The second-order valence-electron chi connectivity index (χ2n) is 7.40. The van der Waals surface area contributed by atoms with Gasteiger partial charge in [0.15, 0.2) is 5.83 Å². The van der Waals surface area contributed by atoms with Crippen molar-refractivity contribution in [3.63, 3.8) is 0 Å². The fourth-order valence-corrected chi connectivity index (χ4v) is 5.08. The molecule has 0 aromatic heterocycles. The van der Waals surface area contributed by atoms with Gasteiger partial charge in [-0.2, -0.15) is 0 Å². The Labute approximate surface area is 167 Å². The summed E-state index contributed by atoms with van der Waals surface area (Å²) in [7, 11) is -3.81. The molecule has 0 N–H and O–H groups in total. The van der Waals surface area contributed by atoms with E-state index in [9.17, 15) is 18.5 Å². The quantitative estimate of drug-likeness (QED) is 0.541. The summed E-state index contributed by atoms with van der Waals surface area (Å²) in [4.78, 5) is 24.4. The molecule has 29 heavy (non-hydrogen) atoms. The van der Waals surface area contributed by atoms with Crippen LogP contribution in [0, 0.1) is 13.8 Å². The minimum absolute atomic E-state index is 0.0432. The zero-order valence-electron chi connectivity index (χ0n) is 16.0. The van der Waals surface area contributed by atoms with Gasteiger partial charge < -0.3 is 4.74 Å². The normalized spacial score (nSPS) is 32.3. The zero-order chi connectivity index (χ0) is 20.8. The third-order valence-electron chi connectivity index (χ3n) is 4.94. The Kier molecular flexibility index (Phi) is 5.44. The average Bonchev–Trinajstić information content (AvgIpc) is 3.05. The van der Waals surface area contributed by atoms with Crippen LogP contribution in [0.15, 0.2) is 30.2 Å². The van der Waals surface area contributed by atoms with Gasteiger partial charge in [0.25, 0.3) is 0 Å². The van der Waals surface area contributed by atoms with Crippen LogP contribution in [-0.4, -0.2) is 41.6 Å². The average molecular weight is 425 g/mol. The van der Waals surface area contributed by atoms with Crippen molar-refractivity contribution in [2.24, 2.45) is 0 Å². The molecule has 3 aliphatic heterocycles. The Morgan fingerprint density at radius 1 is 1.21 bits per heavy atom. The lowest BCUT2D eigenvalue weighted by Gasteiger charge is -2.30. The molecule has 0 bridgehead atoms. The van der Waals surface area contributed by atoms with Crippen molar-refractivity contribution in [1.29, 1.82) is 0 Å². The first kappa shape index (κ1) is 20.4. The van der Waals surface area contributed by atoms with Gasteiger partial charge in [0.1, 0.15) is 18.4 Å². The lowest BCUT2D eigenvalue weighted by Crippen LogP contribution is -2.40. The second kappa shape index (κ2) is 7.74. The van der Waals surface area contributed by atoms with Crippen molar-refractivity contribution in [3.8, 4) is 0 Å². The molecule has 0 spiro atoms. The molecule has 2 saturated heterocycles. The number of benzene rings is 1. The summed E-state index contributed by atoms with van der Waals surface area (Å²) >= 11 is 0. The fraction of sp³-hybridized carbons (Fsp3) is 0.474. The molecular weight excluding hydrogens is 404 g/mol. The number of amides is 1. The second-order valence-corrected chi connectivity index (χ2v) is 9.02. The number of halogens is 1. The molecule has 1 aromatic carbocycles. The molecule has 4 atom stereocenters. The van der Waals surface area contributed by atoms with Crippen molar-refractivity contribution >= 4 is 19.5 Å². The lowest BCUT2D eigenvalue weighted by atomic mass is 10.1. The predicted octanol–water partition coefficient (Wildman–Crippen LogP) is 3.07. The van der Waals surface area contributed by atoms with Crippen molar-refractivity contribution < 1.29 is 36.9 Å². The maximum Gasteiger partial charge on any atom is 0.475 e. The Morgan fingerprint density at radius 3 is 2.66 bits per heavy atom. The number of ketones is 1. The summed E-state index contributed by atoms with van der Waals surface area (Å²) in [5.74, 6) is -2.41. The summed E-state index contributed by atoms with van der Waals surface area (Å²) in [6, 6.07) is 5.86. The summed E-state index contributed by atoms with van der Waals surface area (Å²) < 4.78 is 48.5. The molecule has 4 rings (SSSR count). The Morgan fingerprint density at radius 2 is 1.93 bits per heavy atom. The summed E-state index contributed by atoms with van der Waals surface area (Å²) in [6.07, 6.45) is -1.59. The molecule has 156 valence electrons. The zero-order valence-corrected chi connectivity index (χ0v) is 16.9. The highest BCUT2D eigenvalue weighted by Gasteiger charge is 2.49. The van der Waals surface area contributed by atoms with E-state index in [4.69, 9.17) is 18.3 Å². The van der Waals surface area contributed by atoms with Gasteiger partial charge in [-0.25, -0.2) is 8.96 Å². The first-order chi connectivity index (χ1) is 13.7. The number of allylic oxidation sites excluding steroid dienone is 1.